The van der Waals surface area contributed by atoms with E-state index in [0.717, 1.165) is 25.2 Å². The quantitative estimate of drug-likeness (QED) is 0.774. The monoisotopic (exact) mass is 433 g/mol. The molecular weight excluding hydrogens is 409 g/mol. The van der Waals surface area contributed by atoms with Gasteiger partial charge in [-0.25, -0.2) is 0 Å². The van der Waals surface area contributed by atoms with E-state index in [9.17, 15) is 9.59 Å². The summed E-state index contributed by atoms with van der Waals surface area (Å²) in [5.74, 6) is -0.333. The zero-order valence-corrected chi connectivity index (χ0v) is 17.5. The van der Waals surface area contributed by atoms with E-state index in [2.05, 4.69) is 4.90 Å². The number of nitrogens with two attached hydrogens (primary N) is 1. The molecule has 2 aliphatic heterocycles. The maximum absolute atomic E-state index is 12.9. The Labute approximate surface area is 176 Å². The molecule has 3 rings (SSSR count). The Kier molecular flexibility index (Phi) is 8.22. The average Bonchev–Trinajstić information content (AvgIpc) is 3.11. The van der Waals surface area contributed by atoms with Crippen LogP contribution in [0.3, 0.4) is 0 Å². The Balaban J connectivity index is 0.00000261. The van der Waals surface area contributed by atoms with Gasteiger partial charge in [-0.3, -0.25) is 9.59 Å². The Morgan fingerprint density at radius 2 is 1.81 bits per heavy atom. The molecule has 27 heavy (non-hydrogen) atoms. The summed E-state index contributed by atoms with van der Waals surface area (Å²) in [5.41, 5.74) is 6.38. The van der Waals surface area contributed by atoms with Crippen molar-refractivity contribution in [2.75, 3.05) is 26.2 Å². The van der Waals surface area contributed by atoms with Gasteiger partial charge in [0.05, 0.1) is 16.5 Å². The lowest BCUT2D eigenvalue weighted by atomic mass is 9.89. The third kappa shape index (κ3) is 5.74. The van der Waals surface area contributed by atoms with Crippen molar-refractivity contribution in [2.45, 2.75) is 38.1 Å². The zero-order valence-electron chi connectivity index (χ0n) is 15.2. The molecule has 2 aliphatic rings. The van der Waals surface area contributed by atoms with Gasteiger partial charge < -0.3 is 15.5 Å². The van der Waals surface area contributed by atoms with Crippen LogP contribution in [0.4, 0.5) is 0 Å². The molecule has 0 unspecified atom stereocenters. The summed E-state index contributed by atoms with van der Waals surface area (Å²) in [7, 11) is 0. The summed E-state index contributed by atoms with van der Waals surface area (Å²) in [5, 5.41) is 0.940. The number of primary amides is 1. The number of piperidine rings is 1. The molecule has 1 aromatic carbocycles. The molecule has 0 aliphatic carbocycles. The molecule has 8 heteroatoms. The molecule has 0 radical (unpaired) electrons. The first-order chi connectivity index (χ1) is 12.4. The van der Waals surface area contributed by atoms with Crippen LogP contribution in [0.5, 0.6) is 0 Å². The molecule has 2 amide bonds. The first-order valence-electron chi connectivity index (χ1n) is 9.19. The molecule has 150 valence electrons. The van der Waals surface area contributed by atoms with E-state index in [1.807, 2.05) is 11.0 Å². The molecule has 2 fully saturated rings. The topological polar surface area (TPSA) is 66.6 Å². The first-order valence-corrected chi connectivity index (χ1v) is 9.94. The summed E-state index contributed by atoms with van der Waals surface area (Å²) in [6, 6.07) is 5.33. The SMILES string of the molecule is Cl.NC(=O)[C@H]1CCN(C(=O)Cc2ccc(Cl)c(Cl)c2)[C@@H](CN2CCCC2)C1. The van der Waals surface area contributed by atoms with Crippen LogP contribution < -0.4 is 5.73 Å². The highest BCUT2D eigenvalue weighted by Crippen LogP contribution is 2.27. The molecule has 0 aromatic heterocycles. The fourth-order valence-corrected chi connectivity index (χ4v) is 4.32. The van der Waals surface area contributed by atoms with Gasteiger partial charge in [0.1, 0.15) is 0 Å². The number of hydrogen-bond acceptors (Lipinski definition) is 3. The van der Waals surface area contributed by atoms with Crippen LogP contribution in [0.15, 0.2) is 18.2 Å². The van der Waals surface area contributed by atoms with E-state index >= 15 is 0 Å². The van der Waals surface area contributed by atoms with E-state index in [4.69, 9.17) is 28.9 Å². The van der Waals surface area contributed by atoms with E-state index in [-0.39, 0.29) is 42.6 Å². The summed E-state index contributed by atoms with van der Waals surface area (Å²) in [6.07, 6.45) is 3.97. The molecule has 0 bridgehead atoms. The van der Waals surface area contributed by atoms with E-state index in [1.54, 1.807) is 12.1 Å². The minimum atomic E-state index is -0.256. The number of benzene rings is 1. The van der Waals surface area contributed by atoms with Crippen LogP contribution in [-0.4, -0.2) is 53.8 Å². The lowest BCUT2D eigenvalue weighted by Crippen LogP contribution is -2.53. The fraction of sp³-hybridized carbons (Fsp3) is 0.579. The summed E-state index contributed by atoms with van der Waals surface area (Å²) < 4.78 is 0. The zero-order chi connectivity index (χ0) is 18.7. The fourth-order valence-electron chi connectivity index (χ4n) is 4.00. The van der Waals surface area contributed by atoms with Gasteiger partial charge in [-0.1, -0.05) is 29.3 Å². The number of likely N-dealkylation sites (tertiary alicyclic amines) is 2. The van der Waals surface area contributed by atoms with Crippen molar-refractivity contribution in [3.63, 3.8) is 0 Å². The van der Waals surface area contributed by atoms with Gasteiger partial charge in [-0.15, -0.1) is 12.4 Å². The Morgan fingerprint density at radius 1 is 1.11 bits per heavy atom. The van der Waals surface area contributed by atoms with Crippen LogP contribution in [-0.2, 0) is 16.0 Å². The summed E-state index contributed by atoms with van der Waals surface area (Å²) in [4.78, 5) is 28.9. The number of halogens is 3. The Morgan fingerprint density at radius 3 is 2.44 bits per heavy atom. The Bertz CT molecular complexity index is 680. The standard InChI is InChI=1S/C19H25Cl2N3O2.ClH/c20-16-4-3-13(9-17(16)21)10-18(25)24-8-5-14(19(22)26)11-15(24)12-23-6-1-2-7-23;/h3-4,9,14-15H,1-2,5-8,10-12H2,(H2,22,26);1H/t14-,15+;/m0./s1. The minimum absolute atomic E-state index is 0. The molecule has 2 heterocycles. The second kappa shape index (κ2) is 9.97. The minimum Gasteiger partial charge on any atom is -0.369 e. The summed E-state index contributed by atoms with van der Waals surface area (Å²) in [6.45, 7) is 3.52. The molecule has 5 nitrogen and oxygen atoms in total. The lowest BCUT2D eigenvalue weighted by Gasteiger charge is -2.40. The molecule has 0 spiro atoms. The van der Waals surface area contributed by atoms with Crippen molar-refractivity contribution in [1.29, 1.82) is 0 Å². The predicted octanol–water partition coefficient (Wildman–Crippen LogP) is 3.15. The number of amides is 2. The normalized spacial score (nSPS) is 23.1. The van der Waals surface area contributed by atoms with Gasteiger partial charge in [-0.05, 0) is 56.5 Å². The smallest absolute Gasteiger partial charge is 0.227 e. The van der Waals surface area contributed by atoms with Crippen molar-refractivity contribution in [3.05, 3.63) is 33.8 Å². The number of carbonyl (C=O) groups is 2. The van der Waals surface area contributed by atoms with Gasteiger partial charge in [0.25, 0.3) is 0 Å². The van der Waals surface area contributed by atoms with E-state index in [0.29, 0.717) is 29.4 Å². The third-order valence-corrected chi connectivity index (χ3v) is 6.18. The van der Waals surface area contributed by atoms with E-state index in [1.165, 1.54) is 12.8 Å². The number of carbonyl (C=O) groups excluding carboxylic acids is 2. The molecule has 2 saturated heterocycles. The van der Waals surface area contributed by atoms with Crippen LogP contribution in [0.25, 0.3) is 0 Å². The van der Waals surface area contributed by atoms with E-state index < -0.39 is 0 Å². The van der Waals surface area contributed by atoms with Gasteiger partial charge in [-0.2, -0.15) is 0 Å². The highest BCUT2D eigenvalue weighted by molar-refractivity contribution is 6.42. The van der Waals surface area contributed by atoms with Crippen LogP contribution in [0.1, 0.15) is 31.2 Å². The van der Waals surface area contributed by atoms with Gasteiger partial charge in [0.2, 0.25) is 11.8 Å². The molecule has 0 saturated carbocycles. The second-order valence-corrected chi connectivity index (χ2v) is 8.11. The van der Waals surface area contributed by atoms with Crippen molar-refractivity contribution < 1.29 is 9.59 Å². The second-order valence-electron chi connectivity index (χ2n) is 7.30. The van der Waals surface area contributed by atoms with Gasteiger partial charge in [0.15, 0.2) is 0 Å². The highest BCUT2D eigenvalue weighted by Gasteiger charge is 2.35. The number of hydrogen-bond donors (Lipinski definition) is 1. The molecular formula is C19H26Cl3N3O2. The van der Waals surface area contributed by atoms with Gasteiger partial charge >= 0.3 is 0 Å². The van der Waals surface area contributed by atoms with Crippen LogP contribution in [0.2, 0.25) is 10.0 Å². The summed E-state index contributed by atoms with van der Waals surface area (Å²) >= 11 is 12.0. The largest absolute Gasteiger partial charge is 0.369 e. The molecule has 2 N–H and O–H groups in total. The van der Waals surface area contributed by atoms with Gasteiger partial charge in [0, 0.05) is 25.0 Å². The van der Waals surface area contributed by atoms with Crippen molar-refractivity contribution >= 4 is 47.4 Å². The van der Waals surface area contributed by atoms with Crippen LogP contribution >= 0.6 is 35.6 Å². The average molecular weight is 435 g/mol. The highest BCUT2D eigenvalue weighted by atomic mass is 35.5. The lowest BCUT2D eigenvalue weighted by molar-refractivity contribution is -0.138. The number of rotatable bonds is 5. The van der Waals surface area contributed by atoms with Crippen LogP contribution in [0, 0.1) is 5.92 Å². The third-order valence-electron chi connectivity index (χ3n) is 5.45. The van der Waals surface area contributed by atoms with Crippen molar-refractivity contribution in [3.8, 4) is 0 Å². The first kappa shape index (κ1) is 22.3. The number of nitrogens with zero attached hydrogens (tertiary/aromatic N) is 2. The van der Waals surface area contributed by atoms with Crippen molar-refractivity contribution in [1.82, 2.24) is 9.80 Å². The predicted molar refractivity (Wildman–Crippen MR) is 111 cm³/mol. The van der Waals surface area contributed by atoms with Crippen molar-refractivity contribution in [2.24, 2.45) is 11.7 Å². The maximum Gasteiger partial charge on any atom is 0.227 e. The maximum atomic E-state index is 12.9. The molecule has 2 atom stereocenters. The Hall–Kier alpha value is -1.01. The molecule has 1 aromatic rings.